The maximum Gasteiger partial charge on any atom is 0.123 e. The van der Waals surface area contributed by atoms with E-state index < -0.39 is 0 Å². The van der Waals surface area contributed by atoms with Crippen molar-refractivity contribution >= 4 is 15.9 Å². The molecule has 13 heavy (non-hydrogen) atoms. The van der Waals surface area contributed by atoms with E-state index in [4.69, 9.17) is 4.74 Å². The van der Waals surface area contributed by atoms with Gasteiger partial charge in [-0.05, 0) is 31.0 Å². The normalized spacial score (nSPS) is 9.77. The van der Waals surface area contributed by atoms with Gasteiger partial charge < -0.3 is 4.74 Å². The van der Waals surface area contributed by atoms with E-state index in [9.17, 15) is 0 Å². The van der Waals surface area contributed by atoms with E-state index in [1.54, 1.807) is 0 Å². The molecule has 0 aliphatic rings. The smallest absolute Gasteiger partial charge is 0.123 e. The highest BCUT2D eigenvalue weighted by Crippen LogP contribution is 2.21. The minimum Gasteiger partial charge on any atom is -0.488 e. The Bertz CT molecular complexity index is 318. The van der Waals surface area contributed by atoms with Gasteiger partial charge in [-0.3, -0.25) is 0 Å². The van der Waals surface area contributed by atoms with Gasteiger partial charge in [-0.15, -0.1) is 0 Å². The SMILES string of the molecule is C=C(Br)COc1cccc(C)c1C. The van der Waals surface area contributed by atoms with E-state index in [0.717, 1.165) is 10.2 Å². The zero-order chi connectivity index (χ0) is 9.84. The molecule has 1 aromatic rings. The zero-order valence-electron chi connectivity index (χ0n) is 7.93. The molecule has 0 aliphatic heterocycles. The largest absolute Gasteiger partial charge is 0.488 e. The third kappa shape index (κ3) is 2.88. The quantitative estimate of drug-likeness (QED) is 0.785. The van der Waals surface area contributed by atoms with Gasteiger partial charge in [-0.25, -0.2) is 0 Å². The summed E-state index contributed by atoms with van der Waals surface area (Å²) in [6, 6.07) is 6.04. The van der Waals surface area contributed by atoms with Crippen LogP contribution in [0.15, 0.2) is 29.3 Å². The van der Waals surface area contributed by atoms with Crippen molar-refractivity contribution in [2.24, 2.45) is 0 Å². The molecule has 0 amide bonds. The highest BCUT2D eigenvalue weighted by molar-refractivity contribution is 9.11. The van der Waals surface area contributed by atoms with Gasteiger partial charge in [-0.2, -0.15) is 0 Å². The lowest BCUT2D eigenvalue weighted by Crippen LogP contribution is -1.98. The second-order valence-corrected chi connectivity index (χ2v) is 4.13. The van der Waals surface area contributed by atoms with Crippen molar-refractivity contribution in [2.45, 2.75) is 13.8 Å². The number of ether oxygens (including phenoxy) is 1. The van der Waals surface area contributed by atoms with Gasteiger partial charge in [0.15, 0.2) is 0 Å². The van der Waals surface area contributed by atoms with E-state index in [2.05, 4.69) is 42.4 Å². The first-order chi connectivity index (χ1) is 6.11. The lowest BCUT2D eigenvalue weighted by molar-refractivity contribution is 0.358. The Hall–Kier alpha value is -0.760. The molecule has 0 radical (unpaired) electrons. The van der Waals surface area contributed by atoms with Crippen LogP contribution in [-0.4, -0.2) is 6.61 Å². The standard InChI is InChI=1S/C11H13BrO/c1-8-5-4-6-11(10(8)3)13-7-9(2)12/h4-6H,2,7H2,1,3H3. The van der Waals surface area contributed by atoms with Crippen molar-refractivity contribution in [1.29, 1.82) is 0 Å². The number of hydrogen-bond donors (Lipinski definition) is 0. The molecule has 0 saturated heterocycles. The number of hydrogen-bond acceptors (Lipinski definition) is 1. The van der Waals surface area contributed by atoms with Crippen LogP contribution in [0.3, 0.4) is 0 Å². The Balaban J connectivity index is 2.77. The molecule has 2 heteroatoms. The fourth-order valence-corrected chi connectivity index (χ4v) is 1.15. The van der Waals surface area contributed by atoms with Crippen LogP contribution in [0.1, 0.15) is 11.1 Å². The van der Waals surface area contributed by atoms with E-state index in [0.29, 0.717) is 6.61 Å². The highest BCUT2D eigenvalue weighted by Gasteiger charge is 2.00. The van der Waals surface area contributed by atoms with Crippen LogP contribution in [0.4, 0.5) is 0 Å². The van der Waals surface area contributed by atoms with Gasteiger partial charge in [0, 0.05) is 4.48 Å². The molecule has 0 unspecified atom stereocenters. The van der Waals surface area contributed by atoms with Crippen LogP contribution in [0, 0.1) is 13.8 Å². The van der Waals surface area contributed by atoms with E-state index in [1.807, 2.05) is 12.1 Å². The molecular weight excluding hydrogens is 228 g/mol. The summed E-state index contributed by atoms with van der Waals surface area (Å²) >= 11 is 3.26. The van der Waals surface area contributed by atoms with Crippen molar-refractivity contribution in [1.82, 2.24) is 0 Å². The number of benzene rings is 1. The van der Waals surface area contributed by atoms with E-state index >= 15 is 0 Å². The Labute approximate surface area is 87.5 Å². The van der Waals surface area contributed by atoms with Crippen LogP contribution in [0.25, 0.3) is 0 Å². The second-order valence-electron chi connectivity index (χ2n) is 3.00. The van der Waals surface area contributed by atoms with Gasteiger partial charge in [0.1, 0.15) is 12.4 Å². The van der Waals surface area contributed by atoms with Gasteiger partial charge >= 0.3 is 0 Å². The fourth-order valence-electron chi connectivity index (χ4n) is 1.04. The second kappa shape index (κ2) is 4.47. The van der Waals surface area contributed by atoms with Gasteiger partial charge in [0.25, 0.3) is 0 Å². The molecule has 0 aromatic heterocycles. The first kappa shape index (κ1) is 10.3. The molecule has 0 aliphatic carbocycles. The van der Waals surface area contributed by atoms with Crippen molar-refractivity contribution in [3.63, 3.8) is 0 Å². The monoisotopic (exact) mass is 240 g/mol. The predicted octanol–water partition coefficient (Wildman–Crippen LogP) is 3.59. The zero-order valence-corrected chi connectivity index (χ0v) is 9.52. The Morgan fingerprint density at radius 1 is 1.46 bits per heavy atom. The summed E-state index contributed by atoms with van der Waals surface area (Å²) in [4.78, 5) is 0. The molecular formula is C11H13BrO. The summed E-state index contributed by atoms with van der Waals surface area (Å²) in [5.41, 5.74) is 2.44. The molecule has 1 aromatic carbocycles. The minimum absolute atomic E-state index is 0.518. The van der Waals surface area contributed by atoms with Gasteiger partial charge in [-0.1, -0.05) is 34.6 Å². The highest BCUT2D eigenvalue weighted by atomic mass is 79.9. The summed E-state index contributed by atoms with van der Waals surface area (Å²) < 4.78 is 6.39. The van der Waals surface area contributed by atoms with Crippen LogP contribution >= 0.6 is 15.9 Å². The molecule has 0 saturated carbocycles. The Kier molecular flexibility index (Phi) is 3.55. The summed E-state index contributed by atoms with van der Waals surface area (Å²) in [6.07, 6.45) is 0. The topological polar surface area (TPSA) is 9.23 Å². The van der Waals surface area contributed by atoms with Gasteiger partial charge in [0.2, 0.25) is 0 Å². The van der Waals surface area contributed by atoms with Crippen molar-refractivity contribution < 1.29 is 4.74 Å². The van der Waals surface area contributed by atoms with Crippen LogP contribution < -0.4 is 4.74 Å². The Morgan fingerprint density at radius 2 is 2.15 bits per heavy atom. The molecule has 0 heterocycles. The van der Waals surface area contributed by atoms with Crippen LogP contribution in [-0.2, 0) is 0 Å². The average Bonchev–Trinajstić information content (AvgIpc) is 2.07. The number of halogens is 1. The van der Waals surface area contributed by atoms with Crippen molar-refractivity contribution in [3.05, 3.63) is 40.4 Å². The molecule has 0 bridgehead atoms. The maximum atomic E-state index is 5.53. The first-order valence-corrected chi connectivity index (χ1v) is 4.93. The molecule has 0 atom stereocenters. The van der Waals surface area contributed by atoms with E-state index in [-0.39, 0.29) is 0 Å². The fraction of sp³-hybridized carbons (Fsp3) is 0.273. The number of rotatable bonds is 3. The summed E-state index contributed by atoms with van der Waals surface area (Å²) in [5.74, 6) is 0.931. The minimum atomic E-state index is 0.518. The predicted molar refractivity (Wildman–Crippen MR) is 59.5 cm³/mol. The summed E-state index contributed by atoms with van der Waals surface area (Å²) in [5, 5.41) is 0. The van der Waals surface area contributed by atoms with Crippen molar-refractivity contribution in [2.75, 3.05) is 6.61 Å². The Morgan fingerprint density at radius 3 is 2.77 bits per heavy atom. The summed E-state index contributed by atoms with van der Waals surface area (Å²) in [6.45, 7) is 8.36. The van der Waals surface area contributed by atoms with Gasteiger partial charge in [0.05, 0.1) is 0 Å². The lowest BCUT2D eigenvalue weighted by Gasteiger charge is -2.09. The van der Waals surface area contributed by atoms with E-state index in [1.165, 1.54) is 11.1 Å². The van der Waals surface area contributed by atoms with Crippen LogP contribution in [0.5, 0.6) is 5.75 Å². The molecule has 0 spiro atoms. The number of aryl methyl sites for hydroxylation is 1. The molecule has 0 N–H and O–H groups in total. The molecule has 70 valence electrons. The molecule has 1 rings (SSSR count). The molecule has 1 nitrogen and oxygen atoms in total. The molecule has 0 fully saturated rings. The van der Waals surface area contributed by atoms with Crippen LogP contribution in [0.2, 0.25) is 0 Å². The first-order valence-electron chi connectivity index (χ1n) is 4.13. The summed E-state index contributed by atoms with van der Waals surface area (Å²) in [7, 11) is 0. The maximum absolute atomic E-state index is 5.53. The third-order valence-electron chi connectivity index (χ3n) is 1.94. The van der Waals surface area contributed by atoms with Crippen molar-refractivity contribution in [3.8, 4) is 5.75 Å². The third-order valence-corrected chi connectivity index (χ3v) is 2.17. The lowest BCUT2D eigenvalue weighted by atomic mass is 10.1. The average molecular weight is 241 g/mol.